The number of aliphatic imine (C=N–C) groups is 1. The smallest absolute Gasteiger partial charge is 0.240 e. The van der Waals surface area contributed by atoms with Crippen LogP contribution in [-0.4, -0.2) is 22.2 Å². The third-order valence-electron chi connectivity index (χ3n) is 3.56. The molecule has 5 nitrogen and oxygen atoms in total. The van der Waals surface area contributed by atoms with Crippen LogP contribution in [0.5, 0.6) is 0 Å². The van der Waals surface area contributed by atoms with Crippen molar-refractivity contribution < 1.29 is 9.59 Å². The van der Waals surface area contributed by atoms with Crippen LogP contribution in [0, 0.1) is 6.92 Å². The van der Waals surface area contributed by atoms with Gasteiger partial charge in [0.15, 0.2) is 5.17 Å². The first kappa shape index (κ1) is 18.8. The number of hydrogen-bond donors (Lipinski definition) is 2. The number of thioether (sulfide) groups is 1. The van der Waals surface area contributed by atoms with E-state index >= 15 is 0 Å². The maximum atomic E-state index is 12.2. The third kappa shape index (κ3) is 5.00. The Morgan fingerprint density at radius 2 is 1.85 bits per heavy atom. The number of halogens is 2. The SMILES string of the molecule is Cc1ccc(N=C2NC(=O)[C@H](CC(=O)Nc3cc(Cl)cc(Cl)c3)S2)cc1. The standard InChI is InChI=1S/C18H15Cl2N3O2S/c1-10-2-4-13(5-3-10)22-18-23-17(25)15(26-18)9-16(24)21-14-7-11(19)6-12(20)8-14/h2-8,15H,9H2,1H3,(H,21,24)(H,22,23,25)/t15-/m0/s1. The Bertz CT molecular complexity index is 864. The number of amidine groups is 1. The van der Waals surface area contributed by atoms with Crippen molar-refractivity contribution in [1.82, 2.24) is 5.32 Å². The molecular formula is C18H15Cl2N3O2S. The Labute approximate surface area is 165 Å². The summed E-state index contributed by atoms with van der Waals surface area (Å²) in [6.07, 6.45) is 0.0214. The summed E-state index contributed by atoms with van der Waals surface area (Å²) >= 11 is 13.1. The Kier molecular flexibility index (Phi) is 5.86. The molecule has 0 unspecified atom stereocenters. The molecule has 0 aliphatic carbocycles. The zero-order chi connectivity index (χ0) is 18.7. The average Bonchev–Trinajstić information content (AvgIpc) is 2.88. The fraction of sp³-hybridized carbons (Fsp3) is 0.167. The van der Waals surface area contributed by atoms with E-state index in [0.717, 1.165) is 11.3 Å². The van der Waals surface area contributed by atoms with Crippen molar-refractivity contribution >= 4 is 63.3 Å². The van der Waals surface area contributed by atoms with Crippen molar-refractivity contribution in [3.05, 3.63) is 58.1 Å². The first-order valence-corrected chi connectivity index (χ1v) is 9.41. The van der Waals surface area contributed by atoms with Crippen molar-refractivity contribution in [2.24, 2.45) is 4.99 Å². The molecule has 8 heteroatoms. The molecule has 1 aliphatic rings. The zero-order valence-corrected chi connectivity index (χ0v) is 16.1. The first-order valence-electron chi connectivity index (χ1n) is 7.78. The third-order valence-corrected chi connectivity index (χ3v) is 5.08. The number of carbonyl (C=O) groups is 2. The number of nitrogens with one attached hydrogen (secondary N) is 2. The maximum absolute atomic E-state index is 12.2. The van der Waals surface area contributed by atoms with Gasteiger partial charge in [-0.3, -0.25) is 9.59 Å². The van der Waals surface area contributed by atoms with Gasteiger partial charge in [0.05, 0.1) is 5.69 Å². The zero-order valence-electron chi connectivity index (χ0n) is 13.8. The molecule has 1 atom stereocenters. The molecule has 0 spiro atoms. The van der Waals surface area contributed by atoms with Gasteiger partial charge in [-0.2, -0.15) is 0 Å². The molecule has 0 radical (unpaired) electrons. The predicted molar refractivity (Wildman–Crippen MR) is 108 cm³/mol. The normalized spacial score (nSPS) is 18.0. The number of amides is 2. The lowest BCUT2D eigenvalue weighted by atomic mass is 10.2. The van der Waals surface area contributed by atoms with Gasteiger partial charge >= 0.3 is 0 Å². The monoisotopic (exact) mass is 407 g/mol. The van der Waals surface area contributed by atoms with Gasteiger partial charge in [0, 0.05) is 22.2 Å². The lowest BCUT2D eigenvalue weighted by Gasteiger charge is -2.08. The van der Waals surface area contributed by atoms with Crippen LogP contribution < -0.4 is 10.6 Å². The first-order chi connectivity index (χ1) is 12.4. The van der Waals surface area contributed by atoms with Crippen LogP contribution in [-0.2, 0) is 9.59 Å². The minimum absolute atomic E-state index is 0.0214. The second-order valence-electron chi connectivity index (χ2n) is 5.76. The summed E-state index contributed by atoms with van der Waals surface area (Å²) < 4.78 is 0. The van der Waals surface area contributed by atoms with Gasteiger partial charge in [-0.05, 0) is 37.3 Å². The Morgan fingerprint density at radius 3 is 2.50 bits per heavy atom. The fourth-order valence-corrected chi connectivity index (χ4v) is 3.85. The van der Waals surface area contributed by atoms with Gasteiger partial charge in [-0.1, -0.05) is 52.7 Å². The molecule has 3 rings (SSSR count). The van der Waals surface area contributed by atoms with Gasteiger partial charge < -0.3 is 10.6 Å². The predicted octanol–water partition coefficient (Wildman–Crippen LogP) is 4.55. The van der Waals surface area contributed by atoms with Gasteiger partial charge in [0.25, 0.3) is 0 Å². The van der Waals surface area contributed by atoms with Crippen molar-refractivity contribution in [3.63, 3.8) is 0 Å². The van der Waals surface area contributed by atoms with E-state index in [2.05, 4.69) is 15.6 Å². The topological polar surface area (TPSA) is 70.6 Å². The van der Waals surface area contributed by atoms with E-state index < -0.39 is 5.25 Å². The van der Waals surface area contributed by atoms with E-state index in [4.69, 9.17) is 23.2 Å². The van der Waals surface area contributed by atoms with Crippen molar-refractivity contribution in [2.75, 3.05) is 5.32 Å². The van der Waals surface area contributed by atoms with Crippen LogP contribution in [0.1, 0.15) is 12.0 Å². The Morgan fingerprint density at radius 1 is 1.19 bits per heavy atom. The van der Waals surface area contributed by atoms with Crippen molar-refractivity contribution in [3.8, 4) is 0 Å². The highest BCUT2D eigenvalue weighted by Gasteiger charge is 2.32. The Balaban J connectivity index is 1.62. The number of nitrogens with zero attached hydrogens (tertiary/aromatic N) is 1. The summed E-state index contributed by atoms with van der Waals surface area (Å²) in [5.41, 5.74) is 2.37. The van der Waals surface area contributed by atoms with Crippen LogP contribution >= 0.6 is 35.0 Å². The van der Waals surface area contributed by atoms with Crippen LogP contribution in [0.25, 0.3) is 0 Å². The molecule has 0 saturated carbocycles. The van der Waals surface area contributed by atoms with Crippen LogP contribution in [0.4, 0.5) is 11.4 Å². The fourth-order valence-electron chi connectivity index (χ4n) is 2.34. The average molecular weight is 408 g/mol. The molecular weight excluding hydrogens is 393 g/mol. The number of rotatable bonds is 4. The minimum atomic E-state index is -0.533. The molecule has 1 saturated heterocycles. The molecule has 2 aromatic rings. The Hall–Kier alpha value is -2.02. The van der Waals surface area contributed by atoms with Crippen LogP contribution in [0.2, 0.25) is 10.0 Å². The van der Waals surface area contributed by atoms with Gasteiger partial charge in [0.1, 0.15) is 5.25 Å². The molecule has 2 aromatic carbocycles. The largest absolute Gasteiger partial charge is 0.326 e. The quantitative estimate of drug-likeness (QED) is 0.780. The maximum Gasteiger partial charge on any atom is 0.240 e. The van der Waals surface area contributed by atoms with Crippen molar-refractivity contribution in [2.45, 2.75) is 18.6 Å². The molecule has 134 valence electrons. The minimum Gasteiger partial charge on any atom is -0.326 e. The van der Waals surface area contributed by atoms with Crippen LogP contribution in [0.15, 0.2) is 47.5 Å². The lowest BCUT2D eigenvalue weighted by molar-refractivity contribution is -0.122. The lowest BCUT2D eigenvalue weighted by Crippen LogP contribution is -2.28. The number of aryl methyl sites for hydroxylation is 1. The summed E-state index contributed by atoms with van der Waals surface area (Å²) in [5.74, 6) is -0.535. The summed E-state index contributed by atoms with van der Waals surface area (Å²) in [6.45, 7) is 1.99. The number of benzene rings is 2. The van der Waals surface area contributed by atoms with E-state index in [1.807, 2.05) is 31.2 Å². The second kappa shape index (κ2) is 8.12. The van der Waals surface area contributed by atoms with Gasteiger partial charge in [-0.15, -0.1) is 0 Å². The van der Waals surface area contributed by atoms with E-state index in [0.29, 0.717) is 20.9 Å². The van der Waals surface area contributed by atoms with E-state index in [1.54, 1.807) is 18.2 Å². The molecule has 1 fully saturated rings. The highest BCUT2D eigenvalue weighted by molar-refractivity contribution is 8.15. The molecule has 0 aromatic heterocycles. The molecule has 2 amide bonds. The van der Waals surface area contributed by atoms with Crippen molar-refractivity contribution in [1.29, 1.82) is 0 Å². The van der Waals surface area contributed by atoms with E-state index in [-0.39, 0.29) is 18.2 Å². The van der Waals surface area contributed by atoms with Crippen LogP contribution in [0.3, 0.4) is 0 Å². The molecule has 1 heterocycles. The molecule has 0 bridgehead atoms. The summed E-state index contributed by atoms with van der Waals surface area (Å²) in [6, 6.07) is 12.4. The second-order valence-corrected chi connectivity index (χ2v) is 7.82. The number of hydrogen-bond acceptors (Lipinski definition) is 4. The summed E-state index contributed by atoms with van der Waals surface area (Å²) in [7, 11) is 0. The molecule has 26 heavy (non-hydrogen) atoms. The van der Waals surface area contributed by atoms with Gasteiger partial charge in [-0.25, -0.2) is 4.99 Å². The number of anilines is 1. The number of carbonyl (C=O) groups excluding carboxylic acids is 2. The summed E-state index contributed by atoms with van der Waals surface area (Å²) in [4.78, 5) is 28.7. The van der Waals surface area contributed by atoms with Gasteiger partial charge in [0.2, 0.25) is 11.8 Å². The van der Waals surface area contributed by atoms with E-state index in [9.17, 15) is 9.59 Å². The summed E-state index contributed by atoms with van der Waals surface area (Å²) in [5, 5.41) is 6.21. The van der Waals surface area contributed by atoms with E-state index in [1.165, 1.54) is 11.8 Å². The highest BCUT2D eigenvalue weighted by atomic mass is 35.5. The highest BCUT2D eigenvalue weighted by Crippen LogP contribution is 2.27. The molecule has 2 N–H and O–H groups in total. The molecule has 1 aliphatic heterocycles.